The Morgan fingerprint density at radius 2 is 1.92 bits per heavy atom. The van der Waals surface area contributed by atoms with E-state index in [0.717, 1.165) is 4.31 Å². The number of alkyl halides is 3. The Morgan fingerprint density at radius 1 is 1.28 bits per heavy atom. The van der Waals surface area contributed by atoms with Crippen LogP contribution in [-0.4, -0.2) is 48.2 Å². The number of anilines is 2. The Labute approximate surface area is 229 Å². The van der Waals surface area contributed by atoms with Gasteiger partial charge in [-0.15, -0.1) is 0 Å². The van der Waals surface area contributed by atoms with Crippen LogP contribution in [0, 0.1) is 16.7 Å². The van der Waals surface area contributed by atoms with Gasteiger partial charge in [0.2, 0.25) is 5.60 Å². The van der Waals surface area contributed by atoms with Gasteiger partial charge < -0.3 is 9.47 Å². The number of carbonyl (C=O) groups is 1. The van der Waals surface area contributed by atoms with E-state index in [1.54, 1.807) is 27.7 Å². The number of aryl methyl sites for hydroxylation is 1. The molecular formula is C24H29ClF3N5O5S. The first-order valence-electron chi connectivity index (χ1n) is 11.9. The van der Waals surface area contributed by atoms with Crippen LogP contribution < -0.4 is 14.4 Å². The van der Waals surface area contributed by atoms with Gasteiger partial charge in [0.15, 0.2) is 5.15 Å². The van der Waals surface area contributed by atoms with Crippen molar-refractivity contribution in [2.24, 2.45) is 5.41 Å². The first kappa shape index (κ1) is 30.4. The minimum atomic E-state index is -4.82. The molecule has 1 aliphatic heterocycles. The quantitative estimate of drug-likeness (QED) is 0.435. The number of amides is 1. The van der Waals surface area contributed by atoms with E-state index in [1.807, 2.05) is 0 Å². The van der Waals surface area contributed by atoms with Gasteiger partial charge in [0, 0.05) is 24.8 Å². The molecule has 1 N–H and O–H groups in total. The Hall–Kier alpha value is -3.18. The van der Waals surface area contributed by atoms with Crippen LogP contribution in [0.25, 0.3) is 0 Å². The van der Waals surface area contributed by atoms with Crippen LogP contribution in [-0.2, 0) is 21.3 Å². The summed E-state index contributed by atoms with van der Waals surface area (Å²) >= 11 is 6.19. The molecule has 0 bridgehead atoms. The molecule has 15 heteroatoms. The summed E-state index contributed by atoms with van der Waals surface area (Å²) in [6, 6.07) is 5.26. The lowest BCUT2D eigenvalue weighted by atomic mass is 9.86. The molecule has 1 aromatic heterocycles. The fourth-order valence-electron chi connectivity index (χ4n) is 3.86. The van der Waals surface area contributed by atoms with Crippen LogP contribution in [0.15, 0.2) is 29.3 Å². The number of carbonyl (C=O) groups excluding carboxylic acids is 1. The monoisotopic (exact) mass is 591 g/mol. The lowest BCUT2D eigenvalue weighted by molar-refractivity contribution is -0.242. The second-order valence-electron chi connectivity index (χ2n) is 10.2. The van der Waals surface area contributed by atoms with Crippen molar-refractivity contribution >= 4 is 39.1 Å². The maximum atomic E-state index is 14.0. The molecule has 0 radical (unpaired) electrons. The van der Waals surface area contributed by atoms with Gasteiger partial charge in [0.25, 0.3) is 10.0 Å². The van der Waals surface area contributed by atoms with Crippen LogP contribution in [0.3, 0.4) is 0 Å². The lowest BCUT2D eigenvalue weighted by Crippen LogP contribution is -2.51. The summed E-state index contributed by atoms with van der Waals surface area (Å²) in [6.07, 6.45) is -5.50. The zero-order valence-electron chi connectivity index (χ0n) is 22.1. The van der Waals surface area contributed by atoms with E-state index >= 15 is 0 Å². The van der Waals surface area contributed by atoms with E-state index in [2.05, 4.69) is 21.2 Å². The molecule has 0 aliphatic carbocycles. The van der Waals surface area contributed by atoms with Crippen LogP contribution in [0.5, 0.6) is 5.75 Å². The summed E-state index contributed by atoms with van der Waals surface area (Å²) in [4.78, 5) is 12.0. The maximum absolute atomic E-state index is 14.0. The number of halogens is 4. The average molecular weight is 592 g/mol. The Balaban J connectivity index is 2.07. The standard InChI is InChI=1S/C24H29ClF3N5O5S/c1-7-32-12-19(20(25)31-32)39(35,36)33-14(2)18(11-22(3,4)13-29)37-17-9-8-15(10-16(17)33)30-21(34)38-23(5,6)24(26,27)28/h8-10,12,14,18H,7,11H2,1-6H3,(H,30,34)/t14-,18+/m0/s1. The summed E-state index contributed by atoms with van der Waals surface area (Å²) in [6.45, 7) is 8.49. The van der Waals surface area contributed by atoms with E-state index in [9.17, 15) is 31.6 Å². The third-order valence-corrected chi connectivity index (χ3v) is 8.51. The number of rotatable bonds is 7. The number of nitrogens with one attached hydrogen (secondary N) is 1. The summed E-state index contributed by atoms with van der Waals surface area (Å²) in [5, 5.41) is 15.5. The minimum absolute atomic E-state index is 0.00158. The summed E-state index contributed by atoms with van der Waals surface area (Å²) < 4.78 is 80.4. The van der Waals surface area contributed by atoms with E-state index in [1.165, 1.54) is 29.1 Å². The largest absolute Gasteiger partial charge is 0.486 e. The molecule has 0 saturated carbocycles. The fourth-order valence-corrected chi connectivity index (χ4v) is 6.00. The van der Waals surface area contributed by atoms with Crippen molar-refractivity contribution in [1.82, 2.24) is 9.78 Å². The molecule has 0 saturated heterocycles. The smallest absolute Gasteiger partial charge is 0.427 e. The number of hydrogen-bond acceptors (Lipinski definition) is 7. The molecule has 10 nitrogen and oxygen atoms in total. The van der Waals surface area contributed by atoms with Crippen molar-refractivity contribution in [3.05, 3.63) is 29.5 Å². The van der Waals surface area contributed by atoms with Gasteiger partial charge in [0.05, 0.1) is 23.2 Å². The molecular weight excluding hydrogens is 563 g/mol. The van der Waals surface area contributed by atoms with Crippen molar-refractivity contribution in [3.8, 4) is 11.8 Å². The molecule has 3 rings (SSSR count). The molecule has 214 valence electrons. The van der Waals surface area contributed by atoms with Crippen molar-refractivity contribution in [2.45, 2.75) is 83.3 Å². The van der Waals surface area contributed by atoms with Gasteiger partial charge in [-0.2, -0.15) is 23.5 Å². The molecule has 2 heterocycles. The highest BCUT2D eigenvalue weighted by molar-refractivity contribution is 7.93. The highest BCUT2D eigenvalue weighted by Gasteiger charge is 2.51. The van der Waals surface area contributed by atoms with Gasteiger partial charge in [-0.1, -0.05) is 11.6 Å². The number of hydrogen-bond donors (Lipinski definition) is 1. The molecule has 2 atom stereocenters. The van der Waals surface area contributed by atoms with Crippen LogP contribution in [0.4, 0.5) is 29.3 Å². The average Bonchev–Trinajstić information content (AvgIpc) is 3.20. The number of fused-ring (bicyclic) bond motifs is 1. The zero-order chi connectivity index (χ0) is 29.6. The molecule has 1 aromatic carbocycles. The molecule has 0 fully saturated rings. The van der Waals surface area contributed by atoms with Crippen LogP contribution in [0.1, 0.15) is 48.0 Å². The Bertz CT molecular complexity index is 1400. The number of benzene rings is 1. The first-order valence-corrected chi connectivity index (χ1v) is 13.7. The minimum Gasteiger partial charge on any atom is -0.486 e. The highest BCUT2D eigenvalue weighted by atomic mass is 35.5. The van der Waals surface area contributed by atoms with Gasteiger partial charge in [-0.25, -0.2) is 13.2 Å². The van der Waals surface area contributed by atoms with E-state index in [4.69, 9.17) is 16.3 Å². The molecule has 39 heavy (non-hydrogen) atoms. The van der Waals surface area contributed by atoms with Crippen LogP contribution >= 0.6 is 11.6 Å². The number of nitriles is 1. The van der Waals surface area contributed by atoms with Gasteiger partial charge >= 0.3 is 12.3 Å². The van der Waals surface area contributed by atoms with Gasteiger partial charge in [0.1, 0.15) is 16.7 Å². The molecule has 2 aromatic rings. The van der Waals surface area contributed by atoms with E-state index < -0.39 is 45.5 Å². The second kappa shape index (κ2) is 10.4. The molecule has 0 spiro atoms. The Kier molecular flexibility index (Phi) is 8.11. The maximum Gasteiger partial charge on any atom is 0.427 e. The van der Waals surface area contributed by atoms with Gasteiger partial charge in [-0.3, -0.25) is 14.3 Å². The summed E-state index contributed by atoms with van der Waals surface area (Å²) in [5.41, 5.74) is -3.66. The SMILES string of the molecule is CCn1cc(S(=O)(=O)N2c3cc(NC(=O)OC(C)(C)C(F)(F)F)ccc3O[C@H](CC(C)(C)C#N)[C@@H]2C)c(Cl)n1. The highest BCUT2D eigenvalue weighted by Crippen LogP contribution is 2.44. The third kappa shape index (κ3) is 6.19. The fraction of sp³-hybridized carbons (Fsp3) is 0.542. The lowest BCUT2D eigenvalue weighted by Gasteiger charge is -2.42. The van der Waals surface area contributed by atoms with Crippen LogP contribution in [0.2, 0.25) is 5.15 Å². The normalized spacial score (nSPS) is 18.1. The third-order valence-electron chi connectivity index (χ3n) is 6.22. The molecule has 0 unspecified atom stereocenters. The second-order valence-corrected chi connectivity index (χ2v) is 12.4. The summed E-state index contributed by atoms with van der Waals surface area (Å²) in [5.74, 6) is 0.115. The number of aromatic nitrogens is 2. The van der Waals surface area contributed by atoms with Crippen molar-refractivity contribution in [3.63, 3.8) is 0 Å². The zero-order valence-corrected chi connectivity index (χ0v) is 23.7. The van der Waals surface area contributed by atoms with Crippen molar-refractivity contribution in [2.75, 3.05) is 9.62 Å². The predicted molar refractivity (Wildman–Crippen MR) is 137 cm³/mol. The molecule has 1 amide bonds. The van der Waals surface area contributed by atoms with E-state index in [-0.39, 0.29) is 33.6 Å². The Morgan fingerprint density at radius 3 is 2.46 bits per heavy atom. The van der Waals surface area contributed by atoms with Gasteiger partial charge in [-0.05, 0) is 59.7 Å². The predicted octanol–water partition coefficient (Wildman–Crippen LogP) is 5.73. The van der Waals surface area contributed by atoms with Crippen molar-refractivity contribution in [1.29, 1.82) is 5.26 Å². The topological polar surface area (TPSA) is 127 Å². The first-order chi connectivity index (χ1) is 17.8. The number of nitrogens with zero attached hydrogens (tertiary/aromatic N) is 4. The summed E-state index contributed by atoms with van der Waals surface area (Å²) in [7, 11) is -4.37. The number of ether oxygens (including phenoxy) is 2. The number of sulfonamides is 1. The van der Waals surface area contributed by atoms with Crippen molar-refractivity contribution < 1.29 is 35.9 Å². The van der Waals surface area contributed by atoms with E-state index in [0.29, 0.717) is 20.4 Å². The molecule has 1 aliphatic rings.